The van der Waals surface area contributed by atoms with Crippen LogP contribution < -0.4 is 0 Å². The molecule has 4 bridgehead atoms. The van der Waals surface area contributed by atoms with Crippen LogP contribution in [0, 0.1) is 5.92 Å². The standard InChI is InChI=1S/C28H46O6/c1-4-7-23(29)10-13-32-26-16-22-17-27(19-26,33-14-11-24(30)8-5-2)21-28(18-22,20-26)34-15-12-25(31)9-6-3/h22H,4-21H2,1-3H3. The molecular formula is C28H46O6. The minimum Gasteiger partial charge on any atom is -0.374 e. The monoisotopic (exact) mass is 478 g/mol. The molecule has 6 nitrogen and oxygen atoms in total. The summed E-state index contributed by atoms with van der Waals surface area (Å²) in [7, 11) is 0. The molecule has 6 heteroatoms. The Kier molecular flexibility index (Phi) is 9.88. The quantitative estimate of drug-likeness (QED) is 0.258. The summed E-state index contributed by atoms with van der Waals surface area (Å²) in [6, 6.07) is 0. The van der Waals surface area contributed by atoms with Gasteiger partial charge in [0.05, 0.1) is 36.6 Å². The topological polar surface area (TPSA) is 78.9 Å². The minimum atomic E-state index is -0.341. The molecule has 0 radical (unpaired) electrons. The summed E-state index contributed by atoms with van der Waals surface area (Å²) in [4.78, 5) is 36.2. The fourth-order valence-corrected chi connectivity index (χ4v) is 7.02. The summed E-state index contributed by atoms with van der Waals surface area (Å²) in [5, 5.41) is 0. The number of Topliss-reactive ketones (excluding diaryl/α,β-unsaturated/α-hetero) is 3. The Morgan fingerprint density at radius 1 is 0.559 bits per heavy atom. The maximum atomic E-state index is 12.1. The molecule has 0 N–H and O–H groups in total. The van der Waals surface area contributed by atoms with Crippen molar-refractivity contribution in [2.24, 2.45) is 5.92 Å². The molecule has 0 aromatic carbocycles. The van der Waals surface area contributed by atoms with Gasteiger partial charge in [0.1, 0.15) is 17.3 Å². The molecule has 0 saturated heterocycles. The van der Waals surface area contributed by atoms with E-state index >= 15 is 0 Å². The van der Waals surface area contributed by atoms with Crippen LogP contribution in [-0.2, 0) is 28.6 Å². The number of ether oxygens (including phenoxy) is 3. The molecule has 4 rings (SSSR count). The summed E-state index contributed by atoms with van der Waals surface area (Å²) in [6.07, 6.45) is 11.2. The maximum absolute atomic E-state index is 12.1. The number of carbonyl (C=O) groups is 3. The Hall–Kier alpha value is -1.11. The molecule has 0 unspecified atom stereocenters. The van der Waals surface area contributed by atoms with Gasteiger partial charge in [-0.2, -0.15) is 0 Å². The van der Waals surface area contributed by atoms with Gasteiger partial charge in [0.2, 0.25) is 0 Å². The Labute approximate surface area is 205 Å². The highest BCUT2D eigenvalue weighted by Crippen LogP contribution is 2.63. The number of rotatable bonds is 18. The van der Waals surface area contributed by atoms with Gasteiger partial charge >= 0.3 is 0 Å². The molecule has 0 amide bonds. The highest BCUT2D eigenvalue weighted by molar-refractivity contribution is 5.79. The summed E-state index contributed by atoms with van der Waals surface area (Å²) in [5.74, 6) is 1.22. The maximum Gasteiger partial charge on any atom is 0.135 e. The average Bonchev–Trinajstić information content (AvgIpc) is 2.73. The second-order valence-electron chi connectivity index (χ2n) is 11.2. The van der Waals surface area contributed by atoms with Crippen LogP contribution in [0.5, 0.6) is 0 Å². The third-order valence-electron chi connectivity index (χ3n) is 7.87. The molecule has 0 atom stereocenters. The molecule has 194 valence electrons. The Morgan fingerprint density at radius 3 is 1.12 bits per heavy atom. The van der Waals surface area contributed by atoms with Crippen molar-refractivity contribution < 1.29 is 28.6 Å². The van der Waals surface area contributed by atoms with E-state index in [2.05, 4.69) is 0 Å². The zero-order valence-corrected chi connectivity index (χ0v) is 21.8. The van der Waals surface area contributed by atoms with E-state index in [9.17, 15) is 14.4 Å². The van der Waals surface area contributed by atoms with Gasteiger partial charge in [-0.15, -0.1) is 0 Å². The lowest BCUT2D eigenvalue weighted by Gasteiger charge is -2.65. The molecule has 4 fully saturated rings. The first-order valence-corrected chi connectivity index (χ1v) is 13.7. The summed E-state index contributed by atoms with van der Waals surface area (Å²) < 4.78 is 19.6. The van der Waals surface area contributed by atoms with Gasteiger partial charge in [-0.3, -0.25) is 14.4 Å². The van der Waals surface area contributed by atoms with Crippen molar-refractivity contribution >= 4 is 17.3 Å². The normalized spacial score (nSPS) is 31.7. The smallest absolute Gasteiger partial charge is 0.135 e. The van der Waals surface area contributed by atoms with E-state index in [1.807, 2.05) is 20.8 Å². The first-order chi connectivity index (χ1) is 16.3. The molecule has 0 heterocycles. The van der Waals surface area contributed by atoms with Crippen molar-refractivity contribution in [3.63, 3.8) is 0 Å². The predicted molar refractivity (Wildman–Crippen MR) is 131 cm³/mol. The van der Waals surface area contributed by atoms with Crippen molar-refractivity contribution in [1.29, 1.82) is 0 Å². The van der Waals surface area contributed by atoms with Gasteiger partial charge in [0, 0.05) is 57.8 Å². The van der Waals surface area contributed by atoms with Crippen LogP contribution in [0.4, 0.5) is 0 Å². The number of ketones is 3. The summed E-state index contributed by atoms with van der Waals surface area (Å²) in [6.45, 7) is 7.41. The Balaban J connectivity index is 1.68. The lowest BCUT2D eigenvalue weighted by atomic mass is 9.50. The highest BCUT2D eigenvalue weighted by Gasteiger charge is 2.65. The van der Waals surface area contributed by atoms with Crippen molar-refractivity contribution in [2.45, 2.75) is 134 Å². The van der Waals surface area contributed by atoms with Gasteiger partial charge in [-0.1, -0.05) is 20.8 Å². The lowest BCUT2D eigenvalue weighted by Crippen LogP contribution is -2.68. The highest BCUT2D eigenvalue weighted by atomic mass is 16.5. The Morgan fingerprint density at radius 2 is 0.853 bits per heavy atom. The molecule has 0 spiro atoms. The number of hydrogen-bond acceptors (Lipinski definition) is 6. The first kappa shape index (κ1) is 27.5. The second-order valence-corrected chi connectivity index (χ2v) is 11.2. The van der Waals surface area contributed by atoms with E-state index < -0.39 is 0 Å². The van der Waals surface area contributed by atoms with Crippen molar-refractivity contribution in [2.75, 3.05) is 19.8 Å². The second kappa shape index (κ2) is 12.2. The first-order valence-electron chi connectivity index (χ1n) is 13.7. The third kappa shape index (κ3) is 7.20. The number of carbonyl (C=O) groups excluding carboxylic acids is 3. The van der Waals surface area contributed by atoms with Crippen LogP contribution in [0.1, 0.15) is 117 Å². The van der Waals surface area contributed by atoms with Crippen LogP contribution in [0.3, 0.4) is 0 Å². The van der Waals surface area contributed by atoms with Crippen LogP contribution in [0.15, 0.2) is 0 Å². The fraction of sp³-hybridized carbons (Fsp3) is 0.893. The van der Waals surface area contributed by atoms with E-state index in [-0.39, 0.29) is 34.2 Å². The molecule has 34 heavy (non-hydrogen) atoms. The molecule has 4 aliphatic carbocycles. The molecule has 0 aromatic rings. The molecule has 0 aliphatic heterocycles. The van der Waals surface area contributed by atoms with E-state index in [1.165, 1.54) is 0 Å². The molecule has 0 aromatic heterocycles. The van der Waals surface area contributed by atoms with E-state index in [0.29, 0.717) is 64.3 Å². The summed E-state index contributed by atoms with van der Waals surface area (Å²) in [5.41, 5.74) is -1.02. The van der Waals surface area contributed by atoms with Gasteiger partial charge in [0.25, 0.3) is 0 Å². The van der Waals surface area contributed by atoms with Gasteiger partial charge in [-0.25, -0.2) is 0 Å². The van der Waals surface area contributed by atoms with Crippen LogP contribution in [0.25, 0.3) is 0 Å². The van der Waals surface area contributed by atoms with Crippen molar-refractivity contribution in [1.82, 2.24) is 0 Å². The van der Waals surface area contributed by atoms with Gasteiger partial charge in [0.15, 0.2) is 0 Å². The fourth-order valence-electron chi connectivity index (χ4n) is 7.02. The third-order valence-corrected chi connectivity index (χ3v) is 7.87. The van der Waals surface area contributed by atoms with Gasteiger partial charge in [-0.05, 0) is 44.4 Å². The van der Waals surface area contributed by atoms with E-state index in [0.717, 1.165) is 57.8 Å². The zero-order valence-electron chi connectivity index (χ0n) is 21.8. The Bertz CT molecular complexity index is 613. The van der Waals surface area contributed by atoms with E-state index in [1.54, 1.807) is 0 Å². The SMILES string of the molecule is CCCC(=O)CCOC12CC3CC(OCCC(=O)CCC)(C1)CC(OCCC(=O)CCC)(C3)C2. The van der Waals surface area contributed by atoms with Crippen molar-refractivity contribution in [3.8, 4) is 0 Å². The number of hydrogen-bond donors (Lipinski definition) is 0. The largest absolute Gasteiger partial charge is 0.374 e. The van der Waals surface area contributed by atoms with Crippen molar-refractivity contribution in [3.05, 3.63) is 0 Å². The minimum absolute atomic E-state index is 0.257. The predicted octanol–water partition coefficient (Wildman–Crippen LogP) is 5.53. The average molecular weight is 479 g/mol. The lowest BCUT2D eigenvalue weighted by molar-refractivity contribution is -0.290. The zero-order chi connectivity index (χ0) is 24.7. The van der Waals surface area contributed by atoms with Gasteiger partial charge < -0.3 is 14.2 Å². The van der Waals surface area contributed by atoms with Crippen LogP contribution in [-0.4, -0.2) is 54.0 Å². The molecular weight excluding hydrogens is 432 g/mol. The van der Waals surface area contributed by atoms with Crippen LogP contribution in [0.2, 0.25) is 0 Å². The van der Waals surface area contributed by atoms with Crippen LogP contribution >= 0.6 is 0 Å². The summed E-state index contributed by atoms with van der Waals surface area (Å²) >= 11 is 0. The molecule has 4 saturated carbocycles. The van der Waals surface area contributed by atoms with E-state index in [4.69, 9.17) is 14.2 Å². The molecule has 4 aliphatic rings.